The molecule has 1 unspecified atom stereocenters. The van der Waals surface area contributed by atoms with Crippen molar-refractivity contribution in [1.29, 1.82) is 0 Å². The van der Waals surface area contributed by atoms with Crippen molar-refractivity contribution in [3.05, 3.63) is 95.8 Å². The van der Waals surface area contributed by atoms with Gasteiger partial charge in [0.05, 0.1) is 0 Å². The second kappa shape index (κ2) is 12.3. The predicted octanol–water partition coefficient (Wildman–Crippen LogP) is 5.74. The Labute approximate surface area is 241 Å². The van der Waals surface area contributed by atoms with E-state index in [4.69, 9.17) is 4.74 Å². The van der Waals surface area contributed by atoms with E-state index in [0.717, 1.165) is 42.6 Å². The van der Waals surface area contributed by atoms with Crippen LogP contribution in [0.25, 0.3) is 17.2 Å². The number of amides is 2. The number of benzene rings is 3. The molecule has 214 valence electrons. The van der Waals surface area contributed by atoms with Crippen molar-refractivity contribution >= 4 is 17.9 Å². The van der Waals surface area contributed by atoms with E-state index >= 15 is 0 Å². The zero-order valence-electron chi connectivity index (χ0n) is 23.9. The number of carbonyl (C=O) groups is 2. The number of halogens is 1. The van der Waals surface area contributed by atoms with E-state index in [-0.39, 0.29) is 23.5 Å². The maximum Gasteiger partial charge on any atom is 0.266 e. The number of nitrogens with zero attached hydrogens (tertiary/aromatic N) is 2. The summed E-state index contributed by atoms with van der Waals surface area (Å²) in [5, 5.41) is 3.27. The van der Waals surface area contributed by atoms with Crippen LogP contribution < -0.4 is 10.1 Å². The number of ether oxygens (including phenoxy) is 1. The second-order valence-electron chi connectivity index (χ2n) is 11.3. The Balaban J connectivity index is 1.28. The van der Waals surface area contributed by atoms with Crippen LogP contribution in [0.2, 0.25) is 0 Å². The van der Waals surface area contributed by atoms with Crippen molar-refractivity contribution < 1.29 is 18.7 Å². The number of piperidine rings is 1. The van der Waals surface area contributed by atoms with Crippen LogP contribution in [0.4, 0.5) is 4.39 Å². The lowest BCUT2D eigenvalue weighted by atomic mass is 9.90. The van der Waals surface area contributed by atoms with Gasteiger partial charge in [0, 0.05) is 56.3 Å². The van der Waals surface area contributed by atoms with Crippen LogP contribution in [0.3, 0.4) is 0 Å². The molecule has 1 N–H and O–H groups in total. The number of likely N-dealkylation sites (tertiary alicyclic amines) is 1. The van der Waals surface area contributed by atoms with Gasteiger partial charge in [-0.2, -0.15) is 0 Å². The van der Waals surface area contributed by atoms with Crippen molar-refractivity contribution in [3.8, 4) is 16.9 Å². The molecule has 2 amide bonds. The Morgan fingerprint density at radius 1 is 0.976 bits per heavy atom. The third-order valence-corrected chi connectivity index (χ3v) is 7.99. The Morgan fingerprint density at radius 2 is 1.73 bits per heavy atom. The van der Waals surface area contributed by atoms with E-state index in [9.17, 15) is 14.0 Å². The molecule has 2 fully saturated rings. The summed E-state index contributed by atoms with van der Waals surface area (Å²) in [5.41, 5.74) is 2.85. The molecule has 2 saturated heterocycles. The normalized spacial score (nSPS) is 17.7. The molecule has 3 aromatic rings. The van der Waals surface area contributed by atoms with Gasteiger partial charge in [-0.15, -0.1) is 0 Å². The summed E-state index contributed by atoms with van der Waals surface area (Å²) in [6.07, 6.45) is 3.36. The molecule has 0 saturated carbocycles. The monoisotopic (exact) mass is 555 g/mol. The first-order valence-electron chi connectivity index (χ1n) is 14.4. The van der Waals surface area contributed by atoms with Crippen molar-refractivity contribution in [2.24, 2.45) is 0 Å². The summed E-state index contributed by atoms with van der Waals surface area (Å²) in [5.74, 6) is 0.476. The number of hydrogen-bond acceptors (Lipinski definition) is 4. The summed E-state index contributed by atoms with van der Waals surface area (Å²) in [6.45, 7) is 11.6. The lowest BCUT2D eigenvalue weighted by molar-refractivity contribution is -0.146. The largest absolute Gasteiger partial charge is 0.478 e. The molecule has 41 heavy (non-hydrogen) atoms. The Hall–Kier alpha value is -3.97. The van der Waals surface area contributed by atoms with Crippen LogP contribution in [0, 0.1) is 5.82 Å². The van der Waals surface area contributed by atoms with Crippen LogP contribution in [0.5, 0.6) is 5.75 Å². The topological polar surface area (TPSA) is 61.9 Å². The third-order valence-electron chi connectivity index (χ3n) is 7.99. The molecule has 0 aromatic heterocycles. The molecule has 0 aliphatic carbocycles. The summed E-state index contributed by atoms with van der Waals surface area (Å²) in [6, 6.07) is 20.3. The van der Waals surface area contributed by atoms with Crippen molar-refractivity contribution in [1.82, 2.24) is 15.1 Å². The third kappa shape index (κ3) is 6.51. The van der Waals surface area contributed by atoms with E-state index in [1.54, 1.807) is 12.1 Å². The lowest BCUT2D eigenvalue weighted by Gasteiger charge is -2.35. The first kappa shape index (κ1) is 28.6. The fourth-order valence-electron chi connectivity index (χ4n) is 5.75. The molecule has 2 aliphatic rings. The second-order valence-corrected chi connectivity index (χ2v) is 11.3. The van der Waals surface area contributed by atoms with Crippen molar-refractivity contribution in [3.63, 3.8) is 0 Å². The molecular weight excluding hydrogens is 517 g/mol. The minimum absolute atomic E-state index is 0.0116. The molecule has 7 heteroatoms. The van der Waals surface area contributed by atoms with Crippen molar-refractivity contribution in [2.75, 3.05) is 39.3 Å². The number of piperazine rings is 1. The molecule has 5 rings (SSSR count). The van der Waals surface area contributed by atoms with Gasteiger partial charge in [0.15, 0.2) is 5.60 Å². The maximum atomic E-state index is 14.0. The highest BCUT2D eigenvalue weighted by Crippen LogP contribution is 2.32. The minimum atomic E-state index is -0.980. The molecule has 6 nitrogen and oxygen atoms in total. The van der Waals surface area contributed by atoms with Crippen LogP contribution in [-0.2, 0) is 4.79 Å². The highest BCUT2D eigenvalue weighted by atomic mass is 19.1. The summed E-state index contributed by atoms with van der Waals surface area (Å²) in [4.78, 5) is 30.5. The van der Waals surface area contributed by atoms with Crippen molar-refractivity contribution in [2.45, 2.75) is 38.2 Å². The molecule has 2 heterocycles. The summed E-state index contributed by atoms with van der Waals surface area (Å²) in [7, 11) is 0. The zero-order chi connectivity index (χ0) is 29.0. The Kier molecular flexibility index (Phi) is 8.54. The average molecular weight is 556 g/mol. The quantitative estimate of drug-likeness (QED) is 0.404. The van der Waals surface area contributed by atoms with Crippen LogP contribution >= 0.6 is 0 Å². The number of nitrogens with one attached hydrogen (secondary N) is 1. The average Bonchev–Trinajstić information content (AvgIpc) is 3.01. The number of hydrogen-bond donors (Lipinski definition) is 1. The smallest absolute Gasteiger partial charge is 0.266 e. The van der Waals surface area contributed by atoms with Crippen LogP contribution in [0.15, 0.2) is 73.3 Å². The number of carbonyl (C=O) groups excluding carboxylic acids is 2. The summed E-state index contributed by atoms with van der Waals surface area (Å²) >= 11 is 0. The maximum absolute atomic E-state index is 14.0. The minimum Gasteiger partial charge on any atom is -0.478 e. The first-order chi connectivity index (χ1) is 19.7. The standard InChI is InChI=1S/C34H38FN3O3/c1-4-24-20-27(13-14-31(24)35)25-8-5-10-28(21-25)32(39)38-17-7-11-29(23-38)26-9-6-12-30(22-26)41-34(2,3)33(40)37-18-15-36-16-19-37/h4-6,8-10,12-14,20-22,29,36H,1,7,11,15-19,23H2,2-3H3. The molecule has 1 atom stereocenters. The van der Waals surface area contributed by atoms with E-state index in [2.05, 4.69) is 18.0 Å². The molecule has 0 spiro atoms. The lowest BCUT2D eigenvalue weighted by Crippen LogP contribution is -2.54. The van der Waals surface area contributed by atoms with Gasteiger partial charge in [-0.3, -0.25) is 9.59 Å². The fourth-order valence-corrected chi connectivity index (χ4v) is 5.75. The van der Waals surface area contributed by atoms with Gasteiger partial charge >= 0.3 is 0 Å². The van der Waals surface area contributed by atoms with Gasteiger partial charge in [0.25, 0.3) is 11.8 Å². The Bertz CT molecular complexity index is 1430. The molecule has 3 aromatic carbocycles. The van der Waals surface area contributed by atoms with Gasteiger partial charge in [-0.1, -0.05) is 43.0 Å². The molecule has 0 radical (unpaired) electrons. The fraction of sp³-hybridized carbons (Fsp3) is 0.353. The van der Waals surface area contributed by atoms with Crippen LogP contribution in [0.1, 0.15) is 54.1 Å². The first-order valence-corrected chi connectivity index (χ1v) is 14.4. The zero-order valence-corrected chi connectivity index (χ0v) is 23.9. The van der Waals surface area contributed by atoms with E-state index in [1.165, 1.54) is 12.1 Å². The molecular formula is C34H38FN3O3. The SMILES string of the molecule is C=Cc1cc(-c2cccc(C(=O)N3CCCC(c4cccc(OC(C)(C)C(=O)N5CCNCC5)c4)C3)c2)ccc1F. The van der Waals surface area contributed by atoms with Gasteiger partial charge < -0.3 is 19.9 Å². The highest BCUT2D eigenvalue weighted by molar-refractivity contribution is 5.95. The number of rotatable bonds is 7. The van der Waals surface area contributed by atoms with Gasteiger partial charge in [-0.25, -0.2) is 4.39 Å². The molecule has 2 aliphatic heterocycles. The van der Waals surface area contributed by atoms with E-state index < -0.39 is 5.60 Å². The predicted molar refractivity (Wildman–Crippen MR) is 160 cm³/mol. The molecule has 0 bridgehead atoms. The van der Waals surface area contributed by atoms with Crippen LogP contribution in [-0.4, -0.2) is 66.5 Å². The van der Waals surface area contributed by atoms with Gasteiger partial charge in [-0.05, 0) is 79.8 Å². The summed E-state index contributed by atoms with van der Waals surface area (Å²) < 4.78 is 20.2. The van der Waals surface area contributed by atoms with E-state index in [1.807, 2.05) is 66.1 Å². The Morgan fingerprint density at radius 3 is 2.51 bits per heavy atom. The highest BCUT2D eigenvalue weighted by Gasteiger charge is 2.35. The van der Waals surface area contributed by atoms with Gasteiger partial charge in [0.2, 0.25) is 0 Å². The van der Waals surface area contributed by atoms with E-state index in [0.29, 0.717) is 43.1 Å². The van der Waals surface area contributed by atoms with Gasteiger partial charge in [0.1, 0.15) is 11.6 Å².